The summed E-state index contributed by atoms with van der Waals surface area (Å²) in [4.78, 5) is 33.1. The summed E-state index contributed by atoms with van der Waals surface area (Å²) in [6, 6.07) is 10.1. The van der Waals surface area contributed by atoms with Crippen LogP contribution in [-0.2, 0) is 16.6 Å². The van der Waals surface area contributed by atoms with Crippen LogP contribution in [0.25, 0.3) is 21.0 Å². The van der Waals surface area contributed by atoms with Crippen molar-refractivity contribution in [2.24, 2.45) is 0 Å². The maximum Gasteiger partial charge on any atom is 0.400 e. The molecule has 174 valence electrons. The zero-order chi connectivity index (χ0) is 24.0. The summed E-state index contributed by atoms with van der Waals surface area (Å²) < 4.78 is 45.2. The van der Waals surface area contributed by atoms with Crippen molar-refractivity contribution in [3.8, 4) is 5.75 Å². The quantitative estimate of drug-likeness (QED) is 0.228. The van der Waals surface area contributed by atoms with E-state index in [1.165, 1.54) is 18.2 Å². The second-order valence-electron chi connectivity index (χ2n) is 7.27. The summed E-state index contributed by atoms with van der Waals surface area (Å²) in [6.07, 6.45) is 2.43. The van der Waals surface area contributed by atoms with E-state index in [0.717, 1.165) is 22.2 Å². The fourth-order valence-corrected chi connectivity index (χ4v) is 6.36. The Labute approximate surface area is 199 Å². The van der Waals surface area contributed by atoms with Crippen LogP contribution in [0.3, 0.4) is 0 Å². The number of hydrogen-bond acceptors (Lipinski definition) is 4. The van der Waals surface area contributed by atoms with E-state index >= 15 is 0 Å². The van der Waals surface area contributed by atoms with Gasteiger partial charge in [-0.05, 0) is 64.3 Å². The second-order valence-corrected chi connectivity index (χ2v) is 10.8. The first-order chi connectivity index (χ1) is 15.5. The molecular formula is C21H18BrF2N2O5PS. The van der Waals surface area contributed by atoms with E-state index in [4.69, 9.17) is 14.5 Å². The number of H-pyrrole nitrogens is 1. The monoisotopic (exact) mass is 558 g/mol. The van der Waals surface area contributed by atoms with E-state index in [1.807, 2.05) is 24.4 Å². The zero-order valence-electron chi connectivity index (χ0n) is 17.1. The molecule has 2 heterocycles. The maximum atomic E-state index is 14.2. The van der Waals surface area contributed by atoms with Gasteiger partial charge < -0.3 is 24.8 Å². The van der Waals surface area contributed by atoms with Gasteiger partial charge in [-0.25, -0.2) is 0 Å². The molecule has 1 amide bonds. The number of benzene rings is 2. The highest BCUT2D eigenvalue weighted by Crippen LogP contribution is 2.62. The molecule has 0 saturated carbocycles. The molecule has 0 unspecified atom stereocenters. The number of methoxy groups -OCH3 is 1. The topological polar surface area (TPSA) is 112 Å². The molecule has 2 aromatic heterocycles. The molecule has 0 radical (unpaired) electrons. The van der Waals surface area contributed by atoms with Gasteiger partial charge in [0.1, 0.15) is 10.6 Å². The minimum absolute atomic E-state index is 0.141. The third-order valence-electron chi connectivity index (χ3n) is 5.18. The predicted molar refractivity (Wildman–Crippen MR) is 126 cm³/mol. The van der Waals surface area contributed by atoms with Gasteiger partial charge in [0.25, 0.3) is 5.91 Å². The fourth-order valence-electron chi connectivity index (χ4n) is 3.44. The maximum absolute atomic E-state index is 14.2. The Balaban J connectivity index is 1.51. The molecule has 0 aliphatic carbocycles. The molecule has 4 aromatic rings. The van der Waals surface area contributed by atoms with E-state index in [1.54, 1.807) is 7.11 Å². The summed E-state index contributed by atoms with van der Waals surface area (Å²) in [5, 5.41) is 4.08. The molecule has 2 aromatic carbocycles. The number of halogens is 3. The summed E-state index contributed by atoms with van der Waals surface area (Å²) in [7, 11) is -4.12. The highest BCUT2D eigenvalue weighted by molar-refractivity contribution is 9.10. The smallest absolute Gasteiger partial charge is 0.400 e. The van der Waals surface area contributed by atoms with Crippen molar-refractivity contribution in [2.75, 3.05) is 13.7 Å². The Morgan fingerprint density at radius 3 is 2.70 bits per heavy atom. The largest absolute Gasteiger partial charge is 0.497 e. The normalized spacial score (nSPS) is 12.4. The molecule has 7 nitrogen and oxygen atoms in total. The van der Waals surface area contributed by atoms with E-state index in [9.17, 15) is 18.1 Å². The molecule has 0 atom stereocenters. The van der Waals surface area contributed by atoms with Crippen LogP contribution in [0.2, 0.25) is 0 Å². The fraction of sp³-hybridized carbons (Fsp3) is 0.190. The standard InChI is InChI=1S/C21H18BrF2N2O5PS/c1-31-13-3-4-16-14(9-13)12(10-26-16)6-7-25-20(27)11-2-5-17-15(8-11)18(22)19(33-17)21(23,24)32(28,29)30/h2-5,8-10,26H,6-7H2,1H3,(H,25,27)(H2,28,29,30). The molecule has 0 aliphatic heterocycles. The molecule has 0 aliphatic rings. The van der Waals surface area contributed by atoms with Gasteiger partial charge in [-0.15, -0.1) is 11.3 Å². The first kappa shape index (κ1) is 23.8. The molecule has 0 bridgehead atoms. The van der Waals surface area contributed by atoms with Crippen LogP contribution in [0.5, 0.6) is 5.75 Å². The number of alkyl halides is 2. The summed E-state index contributed by atoms with van der Waals surface area (Å²) >= 11 is 3.58. The Bertz CT molecular complexity index is 1410. The molecular weight excluding hydrogens is 541 g/mol. The average molecular weight is 559 g/mol. The molecule has 4 N–H and O–H groups in total. The third-order valence-corrected chi connectivity index (χ3v) is 8.62. The molecule has 0 saturated heterocycles. The van der Waals surface area contributed by atoms with E-state index in [2.05, 4.69) is 26.2 Å². The number of thiophene rings is 1. The van der Waals surface area contributed by atoms with Crippen molar-refractivity contribution in [2.45, 2.75) is 12.1 Å². The summed E-state index contributed by atoms with van der Waals surface area (Å²) in [6.45, 7) is 0.341. The van der Waals surface area contributed by atoms with Gasteiger partial charge in [-0.2, -0.15) is 8.78 Å². The number of amides is 1. The van der Waals surface area contributed by atoms with E-state index in [-0.39, 0.29) is 15.4 Å². The van der Waals surface area contributed by atoms with Gasteiger partial charge >= 0.3 is 13.3 Å². The van der Waals surface area contributed by atoms with Gasteiger partial charge in [0.2, 0.25) is 0 Å². The molecule has 0 fully saturated rings. The van der Waals surface area contributed by atoms with Gasteiger partial charge in [0.15, 0.2) is 0 Å². The first-order valence-corrected chi connectivity index (χ1v) is 12.8. The number of hydrogen-bond donors (Lipinski definition) is 4. The van der Waals surface area contributed by atoms with Crippen molar-refractivity contribution in [1.29, 1.82) is 0 Å². The molecule has 4 rings (SSSR count). The van der Waals surface area contributed by atoms with Crippen LogP contribution >= 0.6 is 34.9 Å². The van der Waals surface area contributed by atoms with Crippen molar-refractivity contribution in [3.63, 3.8) is 0 Å². The minimum Gasteiger partial charge on any atom is -0.497 e. The van der Waals surface area contributed by atoms with Crippen LogP contribution in [0, 0.1) is 0 Å². The van der Waals surface area contributed by atoms with E-state index < -0.39 is 24.0 Å². The third kappa shape index (κ3) is 4.43. The number of fused-ring (bicyclic) bond motifs is 2. The SMILES string of the molecule is COc1ccc2[nH]cc(CCNC(=O)c3ccc4sc(C(F)(F)P(=O)(O)O)c(Br)c4c3)c2c1. The van der Waals surface area contributed by atoms with Crippen molar-refractivity contribution >= 4 is 61.8 Å². The van der Waals surface area contributed by atoms with Gasteiger partial charge in [-0.3, -0.25) is 9.36 Å². The lowest BCUT2D eigenvalue weighted by atomic mass is 10.1. The molecule has 33 heavy (non-hydrogen) atoms. The Hall–Kier alpha value is -2.30. The van der Waals surface area contributed by atoms with Gasteiger partial charge in [-0.1, -0.05) is 0 Å². The van der Waals surface area contributed by atoms with Crippen LogP contribution in [0.4, 0.5) is 8.78 Å². The number of carbonyl (C=O) groups is 1. The van der Waals surface area contributed by atoms with Gasteiger partial charge in [0, 0.05) is 43.8 Å². The minimum atomic E-state index is -5.71. The lowest BCUT2D eigenvalue weighted by Gasteiger charge is -2.16. The number of carbonyl (C=O) groups excluding carboxylic acids is 1. The van der Waals surface area contributed by atoms with Crippen LogP contribution in [0.1, 0.15) is 20.8 Å². The van der Waals surface area contributed by atoms with Crippen molar-refractivity contribution in [1.82, 2.24) is 10.3 Å². The van der Waals surface area contributed by atoms with E-state index in [0.29, 0.717) is 29.0 Å². The van der Waals surface area contributed by atoms with Crippen molar-refractivity contribution in [3.05, 3.63) is 63.1 Å². The number of ether oxygens (including phenoxy) is 1. The van der Waals surface area contributed by atoms with Crippen LogP contribution in [0.15, 0.2) is 47.1 Å². The highest BCUT2D eigenvalue weighted by Gasteiger charge is 2.53. The lowest BCUT2D eigenvalue weighted by Crippen LogP contribution is -2.25. The summed E-state index contributed by atoms with van der Waals surface area (Å²) in [5.41, 5.74) is -2.13. The number of aromatic nitrogens is 1. The Morgan fingerprint density at radius 1 is 1.24 bits per heavy atom. The molecule has 0 spiro atoms. The highest BCUT2D eigenvalue weighted by atomic mass is 79.9. The number of nitrogens with one attached hydrogen (secondary N) is 2. The Kier molecular flexibility index (Phi) is 6.36. The zero-order valence-corrected chi connectivity index (χ0v) is 20.4. The Morgan fingerprint density at radius 2 is 2.00 bits per heavy atom. The average Bonchev–Trinajstić information content (AvgIpc) is 3.33. The predicted octanol–water partition coefficient (Wildman–Crippen LogP) is 5.35. The second kappa shape index (κ2) is 8.81. The number of rotatable bonds is 7. The van der Waals surface area contributed by atoms with Crippen molar-refractivity contribution < 1.29 is 32.7 Å². The number of aromatic amines is 1. The molecule has 12 heteroatoms. The van der Waals surface area contributed by atoms with Gasteiger partial charge in [0.05, 0.1) is 7.11 Å². The first-order valence-electron chi connectivity index (χ1n) is 9.61. The lowest BCUT2D eigenvalue weighted by molar-refractivity contribution is 0.0595. The van der Waals surface area contributed by atoms with Crippen LogP contribution in [-0.4, -0.2) is 34.3 Å². The van der Waals surface area contributed by atoms with Crippen LogP contribution < -0.4 is 10.1 Å². The summed E-state index contributed by atoms with van der Waals surface area (Å²) in [5.74, 6) is 0.335.